The molecule has 3 aliphatic rings. The average molecular weight is 380 g/mol. The normalized spacial score (nSPS) is 18.1. The van der Waals surface area contributed by atoms with E-state index in [4.69, 9.17) is 14.2 Å². The summed E-state index contributed by atoms with van der Waals surface area (Å²) in [7, 11) is 0. The van der Waals surface area contributed by atoms with Crippen molar-refractivity contribution in [2.75, 3.05) is 55.9 Å². The number of benzene rings is 2. The Morgan fingerprint density at radius 1 is 0.893 bits per heavy atom. The molecular weight excluding hydrogens is 356 g/mol. The zero-order valence-corrected chi connectivity index (χ0v) is 15.9. The highest BCUT2D eigenvalue weighted by Crippen LogP contribution is 2.34. The highest BCUT2D eigenvalue weighted by molar-refractivity contribution is 5.97. The number of carbonyl (C=O) groups excluding carboxylic acids is 1. The molecular formula is C22H24N2O4. The molecule has 0 aromatic heterocycles. The minimum atomic E-state index is 0.120. The number of carbonyl (C=O) groups is 1. The molecule has 3 aliphatic heterocycles. The number of amides is 1. The standard InChI is InChI=1S/C22H24N2O4/c25-22(14-16-1-4-20-21(13-16)28-12-11-27-20)24-6-5-17-15-18(2-3-19(17)24)23-7-9-26-10-8-23/h1-4,13,15H,5-12,14H2. The van der Waals surface area contributed by atoms with E-state index in [0.29, 0.717) is 19.6 Å². The van der Waals surface area contributed by atoms with E-state index in [9.17, 15) is 4.79 Å². The Hall–Kier alpha value is -2.73. The van der Waals surface area contributed by atoms with E-state index < -0.39 is 0 Å². The van der Waals surface area contributed by atoms with Crippen LogP contribution in [0.15, 0.2) is 36.4 Å². The van der Waals surface area contributed by atoms with Crippen LogP contribution in [0.2, 0.25) is 0 Å². The van der Waals surface area contributed by atoms with Gasteiger partial charge in [-0.2, -0.15) is 0 Å². The van der Waals surface area contributed by atoms with E-state index in [0.717, 1.165) is 62.0 Å². The summed E-state index contributed by atoms with van der Waals surface area (Å²) in [6, 6.07) is 12.2. The van der Waals surface area contributed by atoms with Crippen LogP contribution in [0.25, 0.3) is 0 Å². The van der Waals surface area contributed by atoms with Crippen LogP contribution in [0.4, 0.5) is 11.4 Å². The van der Waals surface area contributed by atoms with Crippen molar-refractivity contribution < 1.29 is 19.0 Å². The summed E-state index contributed by atoms with van der Waals surface area (Å²) in [6.45, 7) is 5.26. The molecule has 0 saturated carbocycles. The van der Waals surface area contributed by atoms with Gasteiger partial charge in [-0.1, -0.05) is 6.07 Å². The summed E-state index contributed by atoms with van der Waals surface area (Å²) in [5.41, 5.74) is 4.47. The van der Waals surface area contributed by atoms with Crippen molar-refractivity contribution >= 4 is 17.3 Å². The fourth-order valence-corrected chi connectivity index (χ4v) is 4.13. The topological polar surface area (TPSA) is 51.2 Å². The first-order chi connectivity index (χ1) is 13.8. The average Bonchev–Trinajstić information content (AvgIpc) is 3.18. The van der Waals surface area contributed by atoms with Crippen molar-refractivity contribution in [3.8, 4) is 11.5 Å². The van der Waals surface area contributed by atoms with Gasteiger partial charge in [-0.15, -0.1) is 0 Å². The second-order valence-electron chi connectivity index (χ2n) is 7.36. The minimum absolute atomic E-state index is 0.120. The number of hydrogen-bond donors (Lipinski definition) is 0. The highest BCUT2D eigenvalue weighted by atomic mass is 16.6. The summed E-state index contributed by atoms with van der Waals surface area (Å²) in [5, 5.41) is 0. The number of ether oxygens (including phenoxy) is 3. The van der Waals surface area contributed by atoms with Gasteiger partial charge in [-0.25, -0.2) is 0 Å². The fraction of sp³-hybridized carbons (Fsp3) is 0.409. The van der Waals surface area contributed by atoms with Crippen molar-refractivity contribution in [2.45, 2.75) is 12.8 Å². The SMILES string of the molecule is O=C(Cc1ccc2c(c1)OCCO2)N1CCc2cc(N3CCOCC3)ccc21. The lowest BCUT2D eigenvalue weighted by molar-refractivity contribution is -0.117. The van der Waals surface area contributed by atoms with Gasteiger partial charge < -0.3 is 24.0 Å². The zero-order chi connectivity index (χ0) is 18.9. The number of anilines is 2. The predicted molar refractivity (Wildman–Crippen MR) is 107 cm³/mol. The third-order valence-electron chi connectivity index (χ3n) is 5.60. The Bertz CT molecular complexity index is 892. The van der Waals surface area contributed by atoms with Crippen LogP contribution >= 0.6 is 0 Å². The maximum absolute atomic E-state index is 13.0. The molecule has 0 N–H and O–H groups in total. The summed E-state index contributed by atoms with van der Waals surface area (Å²) >= 11 is 0. The lowest BCUT2D eigenvalue weighted by Crippen LogP contribution is -2.36. The molecule has 0 bridgehead atoms. The number of fused-ring (bicyclic) bond motifs is 2. The van der Waals surface area contributed by atoms with E-state index in [1.807, 2.05) is 23.1 Å². The van der Waals surface area contributed by atoms with Gasteiger partial charge in [0.25, 0.3) is 0 Å². The van der Waals surface area contributed by atoms with Gasteiger partial charge in [0.15, 0.2) is 11.5 Å². The monoisotopic (exact) mass is 380 g/mol. The van der Waals surface area contributed by atoms with Crippen LogP contribution in [-0.2, 0) is 22.4 Å². The van der Waals surface area contributed by atoms with Crippen molar-refractivity contribution in [3.05, 3.63) is 47.5 Å². The number of nitrogens with zero attached hydrogens (tertiary/aromatic N) is 2. The van der Waals surface area contributed by atoms with Gasteiger partial charge >= 0.3 is 0 Å². The molecule has 2 aromatic carbocycles. The third kappa shape index (κ3) is 3.29. The second kappa shape index (κ2) is 7.36. The second-order valence-corrected chi connectivity index (χ2v) is 7.36. The molecule has 0 spiro atoms. The quantitative estimate of drug-likeness (QED) is 0.819. The molecule has 5 rings (SSSR count). The Kier molecular flexibility index (Phi) is 4.56. The summed E-state index contributed by atoms with van der Waals surface area (Å²) < 4.78 is 16.6. The van der Waals surface area contributed by atoms with E-state index in [1.54, 1.807) is 0 Å². The Labute approximate surface area is 164 Å². The van der Waals surface area contributed by atoms with E-state index in [1.165, 1.54) is 11.3 Å². The lowest BCUT2D eigenvalue weighted by Gasteiger charge is -2.29. The Morgan fingerprint density at radius 3 is 2.57 bits per heavy atom. The van der Waals surface area contributed by atoms with Gasteiger partial charge in [-0.05, 0) is 47.9 Å². The van der Waals surface area contributed by atoms with Crippen molar-refractivity contribution in [3.63, 3.8) is 0 Å². The van der Waals surface area contributed by atoms with Crippen LogP contribution in [0.3, 0.4) is 0 Å². The van der Waals surface area contributed by atoms with Gasteiger partial charge in [0.1, 0.15) is 13.2 Å². The van der Waals surface area contributed by atoms with Crippen LogP contribution < -0.4 is 19.3 Å². The van der Waals surface area contributed by atoms with Crippen molar-refractivity contribution in [1.29, 1.82) is 0 Å². The van der Waals surface area contributed by atoms with Gasteiger partial charge in [0, 0.05) is 31.0 Å². The summed E-state index contributed by atoms with van der Waals surface area (Å²) in [4.78, 5) is 17.2. The van der Waals surface area contributed by atoms with Crippen LogP contribution in [0.5, 0.6) is 11.5 Å². The van der Waals surface area contributed by atoms with Crippen molar-refractivity contribution in [1.82, 2.24) is 0 Å². The van der Waals surface area contributed by atoms with Crippen molar-refractivity contribution in [2.24, 2.45) is 0 Å². The smallest absolute Gasteiger partial charge is 0.231 e. The van der Waals surface area contributed by atoms with Gasteiger partial charge in [-0.3, -0.25) is 4.79 Å². The molecule has 3 heterocycles. The number of morpholine rings is 1. The molecule has 146 valence electrons. The molecule has 2 aromatic rings. The number of hydrogen-bond acceptors (Lipinski definition) is 5. The molecule has 0 atom stereocenters. The van der Waals surface area contributed by atoms with Crippen LogP contribution in [0.1, 0.15) is 11.1 Å². The predicted octanol–water partition coefficient (Wildman–Crippen LogP) is 2.43. The fourth-order valence-electron chi connectivity index (χ4n) is 4.13. The maximum Gasteiger partial charge on any atom is 0.231 e. The number of rotatable bonds is 3. The van der Waals surface area contributed by atoms with Gasteiger partial charge in [0.2, 0.25) is 5.91 Å². The third-order valence-corrected chi connectivity index (χ3v) is 5.60. The zero-order valence-electron chi connectivity index (χ0n) is 15.9. The largest absolute Gasteiger partial charge is 0.486 e. The minimum Gasteiger partial charge on any atom is -0.486 e. The first kappa shape index (κ1) is 17.4. The summed E-state index contributed by atoms with van der Waals surface area (Å²) in [5.74, 6) is 1.60. The van der Waals surface area contributed by atoms with Crippen LogP contribution in [-0.4, -0.2) is 52.0 Å². The Morgan fingerprint density at radius 2 is 1.71 bits per heavy atom. The first-order valence-corrected chi connectivity index (χ1v) is 9.92. The molecule has 1 amide bonds. The Balaban J connectivity index is 1.31. The molecule has 0 aliphatic carbocycles. The van der Waals surface area contributed by atoms with Crippen LogP contribution in [0, 0.1) is 0 Å². The maximum atomic E-state index is 13.0. The molecule has 6 heteroatoms. The van der Waals surface area contributed by atoms with E-state index >= 15 is 0 Å². The van der Waals surface area contributed by atoms with E-state index in [-0.39, 0.29) is 5.91 Å². The highest BCUT2D eigenvalue weighted by Gasteiger charge is 2.26. The van der Waals surface area contributed by atoms with Gasteiger partial charge in [0.05, 0.1) is 19.6 Å². The summed E-state index contributed by atoms with van der Waals surface area (Å²) in [6.07, 6.45) is 1.27. The molecule has 28 heavy (non-hydrogen) atoms. The molecule has 1 saturated heterocycles. The molecule has 0 radical (unpaired) electrons. The molecule has 1 fully saturated rings. The molecule has 6 nitrogen and oxygen atoms in total. The molecule has 0 unspecified atom stereocenters. The van der Waals surface area contributed by atoms with E-state index in [2.05, 4.69) is 23.1 Å². The first-order valence-electron chi connectivity index (χ1n) is 9.92. The lowest BCUT2D eigenvalue weighted by atomic mass is 10.1.